The van der Waals surface area contributed by atoms with E-state index in [0.29, 0.717) is 10.4 Å². The minimum atomic E-state index is -0.107. The van der Waals surface area contributed by atoms with Gasteiger partial charge in [-0.05, 0) is 38.0 Å². The molecule has 2 aromatic heterocycles. The van der Waals surface area contributed by atoms with Crippen molar-refractivity contribution in [2.45, 2.75) is 25.8 Å². The first-order valence-corrected chi connectivity index (χ1v) is 10.3. The van der Waals surface area contributed by atoms with Gasteiger partial charge in [0.15, 0.2) is 10.9 Å². The van der Waals surface area contributed by atoms with Crippen LogP contribution in [0.15, 0.2) is 35.7 Å². The van der Waals surface area contributed by atoms with Gasteiger partial charge in [-0.3, -0.25) is 9.59 Å². The lowest BCUT2D eigenvalue weighted by Gasteiger charge is -2.32. The molecule has 1 aliphatic heterocycles. The average molecular weight is 386 g/mol. The molecule has 26 heavy (non-hydrogen) atoms. The zero-order valence-corrected chi connectivity index (χ0v) is 16.0. The summed E-state index contributed by atoms with van der Waals surface area (Å²) >= 11 is 3.01. The molecule has 0 spiro atoms. The molecule has 0 bridgehead atoms. The van der Waals surface area contributed by atoms with E-state index < -0.39 is 0 Å². The number of para-hydroxylation sites is 1. The van der Waals surface area contributed by atoms with Crippen molar-refractivity contribution in [2.75, 3.05) is 18.0 Å². The Hall–Kier alpha value is -2.25. The highest BCUT2D eigenvalue weighted by Gasteiger charge is 2.24. The van der Waals surface area contributed by atoms with E-state index in [-0.39, 0.29) is 17.7 Å². The highest BCUT2D eigenvalue weighted by atomic mass is 32.1. The summed E-state index contributed by atoms with van der Waals surface area (Å²) in [6.45, 7) is 3.24. The molecular formula is C19H19N3O2S2. The second-order valence-electron chi connectivity index (χ2n) is 6.48. The quantitative estimate of drug-likeness (QED) is 0.691. The largest absolute Gasteiger partial charge is 0.347 e. The SMILES string of the molecule is CC(=O)c1cc(C(=O)NC2CCCN(c3nc4ccccc4s3)C2)cs1. The van der Waals surface area contributed by atoms with Gasteiger partial charge in [0.05, 0.1) is 20.7 Å². The molecule has 0 saturated carbocycles. The van der Waals surface area contributed by atoms with Gasteiger partial charge in [-0.2, -0.15) is 0 Å². The van der Waals surface area contributed by atoms with Gasteiger partial charge in [0.1, 0.15) is 0 Å². The molecule has 0 radical (unpaired) electrons. The van der Waals surface area contributed by atoms with Crippen LogP contribution in [0, 0.1) is 0 Å². The number of Topliss-reactive ketones (excluding diaryl/α,β-unsaturated/α-hetero) is 1. The van der Waals surface area contributed by atoms with Crippen molar-refractivity contribution in [1.82, 2.24) is 10.3 Å². The zero-order valence-electron chi connectivity index (χ0n) is 14.4. The summed E-state index contributed by atoms with van der Waals surface area (Å²) in [7, 11) is 0. The van der Waals surface area contributed by atoms with Crippen LogP contribution in [0.1, 0.15) is 39.8 Å². The summed E-state index contributed by atoms with van der Waals surface area (Å²) in [5, 5.41) is 5.88. The Morgan fingerprint density at radius 2 is 2.15 bits per heavy atom. The number of carbonyl (C=O) groups excluding carboxylic acids is 2. The van der Waals surface area contributed by atoms with Crippen LogP contribution in [0.5, 0.6) is 0 Å². The number of rotatable bonds is 4. The van der Waals surface area contributed by atoms with Gasteiger partial charge in [0, 0.05) is 24.5 Å². The van der Waals surface area contributed by atoms with Crippen molar-refractivity contribution in [2.24, 2.45) is 0 Å². The fraction of sp³-hybridized carbons (Fsp3) is 0.316. The number of nitrogens with zero attached hydrogens (tertiary/aromatic N) is 2. The third-order valence-electron chi connectivity index (χ3n) is 4.52. The van der Waals surface area contributed by atoms with Crippen LogP contribution in [-0.2, 0) is 0 Å². The summed E-state index contributed by atoms with van der Waals surface area (Å²) in [6.07, 6.45) is 1.97. The molecule has 1 unspecified atom stereocenters. The summed E-state index contributed by atoms with van der Waals surface area (Å²) in [5.41, 5.74) is 1.59. The fourth-order valence-electron chi connectivity index (χ4n) is 3.17. The third kappa shape index (κ3) is 3.50. The van der Waals surface area contributed by atoms with E-state index in [9.17, 15) is 9.59 Å². The summed E-state index contributed by atoms with van der Waals surface area (Å²) in [4.78, 5) is 31.5. The summed E-state index contributed by atoms with van der Waals surface area (Å²) < 4.78 is 1.18. The number of benzene rings is 1. The molecule has 3 aromatic rings. The Morgan fingerprint density at radius 1 is 1.31 bits per heavy atom. The topological polar surface area (TPSA) is 62.3 Å². The van der Waals surface area contributed by atoms with Crippen LogP contribution < -0.4 is 10.2 Å². The van der Waals surface area contributed by atoms with Gasteiger partial charge in [-0.1, -0.05) is 23.5 Å². The van der Waals surface area contributed by atoms with Crippen LogP contribution in [0.2, 0.25) is 0 Å². The Labute approximate surface area is 159 Å². The first-order valence-electron chi connectivity index (χ1n) is 8.61. The predicted molar refractivity (Wildman–Crippen MR) is 107 cm³/mol. The van der Waals surface area contributed by atoms with Gasteiger partial charge < -0.3 is 10.2 Å². The van der Waals surface area contributed by atoms with Crippen LogP contribution in [-0.4, -0.2) is 35.8 Å². The van der Waals surface area contributed by atoms with Crippen molar-refractivity contribution >= 4 is 49.7 Å². The van der Waals surface area contributed by atoms with E-state index in [1.54, 1.807) is 22.8 Å². The molecular weight excluding hydrogens is 366 g/mol. The van der Waals surface area contributed by atoms with Gasteiger partial charge in [-0.25, -0.2) is 4.98 Å². The minimum Gasteiger partial charge on any atom is -0.347 e. The predicted octanol–water partition coefficient (Wildman–Crippen LogP) is 3.96. The van der Waals surface area contributed by atoms with Gasteiger partial charge in [0.25, 0.3) is 5.91 Å². The number of aromatic nitrogens is 1. The number of hydrogen-bond acceptors (Lipinski definition) is 6. The number of thiophene rings is 1. The average Bonchev–Trinajstić information content (AvgIpc) is 3.29. The maximum Gasteiger partial charge on any atom is 0.252 e. The Bertz CT molecular complexity index is 930. The van der Waals surface area contributed by atoms with Gasteiger partial charge in [-0.15, -0.1) is 11.3 Å². The molecule has 7 heteroatoms. The number of hydrogen-bond donors (Lipinski definition) is 1. The van der Waals surface area contributed by atoms with E-state index in [1.165, 1.54) is 23.0 Å². The molecule has 1 amide bonds. The lowest BCUT2D eigenvalue weighted by molar-refractivity contribution is 0.0933. The van der Waals surface area contributed by atoms with Gasteiger partial charge >= 0.3 is 0 Å². The van der Waals surface area contributed by atoms with Crippen LogP contribution >= 0.6 is 22.7 Å². The zero-order chi connectivity index (χ0) is 18.1. The molecule has 1 N–H and O–H groups in total. The van der Waals surface area contributed by atoms with E-state index in [4.69, 9.17) is 4.98 Å². The van der Waals surface area contributed by atoms with E-state index >= 15 is 0 Å². The Kier molecular flexibility index (Phi) is 4.74. The molecule has 1 fully saturated rings. The highest BCUT2D eigenvalue weighted by Crippen LogP contribution is 2.30. The van der Waals surface area contributed by atoms with E-state index in [0.717, 1.165) is 36.6 Å². The molecule has 1 saturated heterocycles. The first kappa shape index (κ1) is 17.2. The molecule has 1 aromatic carbocycles. The second kappa shape index (κ2) is 7.17. The number of ketones is 1. The second-order valence-corrected chi connectivity index (χ2v) is 8.40. The van der Waals surface area contributed by atoms with Crippen molar-refractivity contribution in [3.8, 4) is 0 Å². The number of anilines is 1. The third-order valence-corrected chi connectivity index (χ3v) is 6.65. The number of fused-ring (bicyclic) bond motifs is 1. The summed E-state index contributed by atoms with van der Waals surface area (Å²) in [5.74, 6) is -0.112. The lowest BCUT2D eigenvalue weighted by Crippen LogP contribution is -2.47. The molecule has 1 aliphatic rings. The van der Waals surface area contributed by atoms with Crippen LogP contribution in [0.4, 0.5) is 5.13 Å². The Balaban J connectivity index is 1.44. The maximum absolute atomic E-state index is 12.5. The molecule has 1 atom stereocenters. The standard InChI is InChI=1S/C19H19N3O2S2/c1-12(23)17-9-13(11-25-17)18(24)20-14-5-4-8-22(10-14)19-21-15-6-2-3-7-16(15)26-19/h2-3,6-7,9,11,14H,4-5,8,10H2,1H3,(H,20,24). The van der Waals surface area contributed by atoms with Crippen molar-refractivity contribution in [1.29, 1.82) is 0 Å². The Morgan fingerprint density at radius 3 is 2.92 bits per heavy atom. The van der Waals surface area contributed by atoms with E-state index in [1.807, 2.05) is 18.2 Å². The minimum absolute atomic E-state index is 0.00581. The monoisotopic (exact) mass is 385 g/mol. The molecule has 4 rings (SSSR count). The fourth-order valence-corrected chi connectivity index (χ4v) is 4.96. The van der Waals surface area contributed by atoms with Crippen molar-refractivity contribution in [3.63, 3.8) is 0 Å². The number of amides is 1. The van der Waals surface area contributed by atoms with E-state index in [2.05, 4.69) is 16.3 Å². The maximum atomic E-state index is 12.5. The first-order chi connectivity index (χ1) is 12.6. The smallest absolute Gasteiger partial charge is 0.252 e. The lowest BCUT2D eigenvalue weighted by atomic mass is 10.1. The molecule has 3 heterocycles. The highest BCUT2D eigenvalue weighted by molar-refractivity contribution is 7.22. The normalized spacial score (nSPS) is 17.4. The number of piperidine rings is 1. The van der Waals surface area contributed by atoms with Crippen molar-refractivity contribution in [3.05, 3.63) is 46.2 Å². The summed E-state index contributed by atoms with van der Waals surface area (Å²) in [6, 6.07) is 9.91. The molecule has 5 nitrogen and oxygen atoms in total. The number of thiazole rings is 1. The molecule has 134 valence electrons. The van der Waals surface area contributed by atoms with Crippen LogP contribution in [0.3, 0.4) is 0 Å². The number of nitrogens with one attached hydrogen (secondary N) is 1. The molecule has 0 aliphatic carbocycles. The number of carbonyl (C=O) groups is 2. The van der Waals surface area contributed by atoms with Gasteiger partial charge in [0.2, 0.25) is 0 Å². The van der Waals surface area contributed by atoms with Crippen LogP contribution in [0.25, 0.3) is 10.2 Å². The van der Waals surface area contributed by atoms with Crippen molar-refractivity contribution < 1.29 is 9.59 Å².